The van der Waals surface area contributed by atoms with E-state index in [1.54, 1.807) is 22.5 Å². The summed E-state index contributed by atoms with van der Waals surface area (Å²) in [7, 11) is 1.51. The van der Waals surface area contributed by atoms with E-state index < -0.39 is 0 Å². The van der Waals surface area contributed by atoms with Crippen molar-refractivity contribution in [1.29, 1.82) is 0 Å². The van der Waals surface area contributed by atoms with Crippen molar-refractivity contribution in [2.75, 3.05) is 20.2 Å². The summed E-state index contributed by atoms with van der Waals surface area (Å²) in [6.45, 7) is 3.15. The minimum atomic E-state index is -0.0907. The highest BCUT2D eigenvalue weighted by molar-refractivity contribution is 7.09. The highest BCUT2D eigenvalue weighted by Gasteiger charge is 2.27. The van der Waals surface area contributed by atoms with Crippen LogP contribution in [0.1, 0.15) is 28.3 Å². The van der Waals surface area contributed by atoms with Crippen molar-refractivity contribution < 1.29 is 14.3 Å². The van der Waals surface area contributed by atoms with E-state index in [1.807, 2.05) is 6.92 Å². The fourth-order valence-electron chi connectivity index (χ4n) is 2.50. The molecular formula is C15H18N4O3S. The zero-order chi connectivity index (χ0) is 16.2. The average molecular weight is 334 g/mol. The Bertz CT molecular complexity index is 691. The number of aryl methyl sites for hydroxylation is 1. The Morgan fingerprint density at radius 1 is 1.43 bits per heavy atom. The van der Waals surface area contributed by atoms with Crippen LogP contribution in [0.3, 0.4) is 0 Å². The molecule has 1 unspecified atom stereocenters. The topological polar surface area (TPSA) is 77.4 Å². The van der Waals surface area contributed by atoms with Crippen LogP contribution in [0.4, 0.5) is 0 Å². The first kappa shape index (κ1) is 15.7. The molecule has 0 N–H and O–H groups in total. The number of aromatic nitrogens is 3. The minimum absolute atomic E-state index is 0.0390. The molecular weight excluding hydrogens is 316 g/mol. The van der Waals surface area contributed by atoms with Gasteiger partial charge in [0, 0.05) is 24.2 Å². The smallest absolute Gasteiger partial charge is 0.319 e. The van der Waals surface area contributed by atoms with Gasteiger partial charge in [-0.25, -0.2) is 9.97 Å². The Kier molecular flexibility index (Phi) is 4.71. The van der Waals surface area contributed by atoms with Crippen molar-refractivity contribution in [3.05, 3.63) is 28.3 Å². The molecule has 3 rings (SSSR count). The van der Waals surface area contributed by atoms with E-state index in [4.69, 9.17) is 9.47 Å². The van der Waals surface area contributed by atoms with E-state index in [0.717, 1.165) is 24.4 Å². The molecule has 2 aromatic heterocycles. The predicted octanol–water partition coefficient (Wildman–Crippen LogP) is 1.93. The van der Waals surface area contributed by atoms with Crippen molar-refractivity contribution in [2.24, 2.45) is 0 Å². The number of carbonyl (C=O) groups excluding carboxylic acids is 1. The van der Waals surface area contributed by atoms with E-state index >= 15 is 0 Å². The monoisotopic (exact) mass is 334 g/mol. The quantitative estimate of drug-likeness (QED) is 0.850. The second-order valence-electron chi connectivity index (χ2n) is 5.27. The maximum atomic E-state index is 12.5. The number of amides is 1. The number of methoxy groups -OCH3 is 1. The van der Waals surface area contributed by atoms with Gasteiger partial charge in [-0.15, -0.1) is 11.3 Å². The highest BCUT2D eigenvalue weighted by Crippen LogP contribution is 2.20. The fourth-order valence-corrected chi connectivity index (χ4v) is 3.09. The first-order valence-electron chi connectivity index (χ1n) is 7.41. The minimum Gasteiger partial charge on any atom is -0.472 e. The van der Waals surface area contributed by atoms with Crippen LogP contribution in [0, 0.1) is 6.92 Å². The van der Waals surface area contributed by atoms with Crippen LogP contribution in [0.25, 0.3) is 0 Å². The van der Waals surface area contributed by atoms with Gasteiger partial charge in [0.05, 0.1) is 18.7 Å². The molecule has 0 saturated carbocycles. The van der Waals surface area contributed by atoms with Crippen LogP contribution in [-0.4, -0.2) is 52.1 Å². The molecule has 1 saturated heterocycles. The van der Waals surface area contributed by atoms with E-state index in [-0.39, 0.29) is 18.0 Å². The second-order valence-corrected chi connectivity index (χ2v) is 6.33. The van der Waals surface area contributed by atoms with Crippen molar-refractivity contribution in [2.45, 2.75) is 25.9 Å². The first-order chi connectivity index (χ1) is 11.2. The third-order valence-corrected chi connectivity index (χ3v) is 4.35. The number of carbonyl (C=O) groups is 1. The second kappa shape index (κ2) is 6.91. The number of hydrogen-bond acceptors (Lipinski definition) is 7. The Balaban J connectivity index is 1.64. The van der Waals surface area contributed by atoms with Crippen LogP contribution in [0.15, 0.2) is 17.6 Å². The molecule has 0 aromatic carbocycles. The summed E-state index contributed by atoms with van der Waals surface area (Å²) in [5, 5.41) is 2.70. The number of thiazole rings is 1. The number of hydrogen-bond donors (Lipinski definition) is 0. The summed E-state index contributed by atoms with van der Waals surface area (Å²) in [6.07, 6.45) is 3.27. The Morgan fingerprint density at radius 3 is 3.04 bits per heavy atom. The summed E-state index contributed by atoms with van der Waals surface area (Å²) in [6, 6.07) is 1.96. The number of ether oxygens (including phenoxy) is 2. The fraction of sp³-hybridized carbons (Fsp3) is 0.467. The molecule has 122 valence electrons. The third kappa shape index (κ3) is 3.76. The van der Waals surface area contributed by atoms with Crippen molar-refractivity contribution in [3.63, 3.8) is 0 Å². The van der Waals surface area contributed by atoms with Gasteiger partial charge in [-0.2, -0.15) is 4.98 Å². The lowest BCUT2D eigenvalue weighted by molar-refractivity contribution is 0.0521. The van der Waals surface area contributed by atoms with Gasteiger partial charge in [-0.1, -0.05) is 0 Å². The zero-order valence-corrected chi connectivity index (χ0v) is 13.9. The van der Waals surface area contributed by atoms with Crippen LogP contribution in [-0.2, 0) is 0 Å². The van der Waals surface area contributed by atoms with Gasteiger partial charge in [0.25, 0.3) is 5.91 Å². The van der Waals surface area contributed by atoms with Crippen molar-refractivity contribution >= 4 is 17.2 Å². The summed E-state index contributed by atoms with van der Waals surface area (Å²) >= 11 is 1.48. The van der Waals surface area contributed by atoms with E-state index in [2.05, 4.69) is 15.0 Å². The van der Waals surface area contributed by atoms with Crippen LogP contribution < -0.4 is 9.47 Å². The molecule has 1 amide bonds. The number of rotatable bonds is 4. The summed E-state index contributed by atoms with van der Waals surface area (Å²) in [4.78, 5) is 26.6. The van der Waals surface area contributed by atoms with Crippen molar-refractivity contribution in [3.8, 4) is 11.9 Å². The highest BCUT2D eigenvalue weighted by atomic mass is 32.1. The largest absolute Gasteiger partial charge is 0.472 e. The van der Waals surface area contributed by atoms with Gasteiger partial charge >= 0.3 is 6.01 Å². The molecule has 2 aromatic rings. The number of piperidine rings is 1. The summed E-state index contributed by atoms with van der Waals surface area (Å²) in [5.74, 6) is 0.420. The Morgan fingerprint density at radius 2 is 2.30 bits per heavy atom. The van der Waals surface area contributed by atoms with Gasteiger partial charge < -0.3 is 14.4 Å². The normalized spacial score (nSPS) is 17.8. The maximum Gasteiger partial charge on any atom is 0.319 e. The van der Waals surface area contributed by atoms with Crippen LogP contribution in [0.5, 0.6) is 11.9 Å². The summed E-state index contributed by atoms with van der Waals surface area (Å²) < 4.78 is 10.9. The molecule has 1 fully saturated rings. The molecule has 1 aliphatic heterocycles. The van der Waals surface area contributed by atoms with E-state index in [0.29, 0.717) is 18.1 Å². The average Bonchev–Trinajstić information content (AvgIpc) is 3.01. The molecule has 7 nitrogen and oxygen atoms in total. The van der Waals surface area contributed by atoms with Gasteiger partial charge in [0.1, 0.15) is 11.8 Å². The molecule has 0 aliphatic carbocycles. The number of nitrogens with zero attached hydrogens (tertiary/aromatic N) is 4. The van der Waals surface area contributed by atoms with Gasteiger partial charge in [0.2, 0.25) is 5.88 Å². The molecule has 0 radical (unpaired) electrons. The van der Waals surface area contributed by atoms with Crippen molar-refractivity contribution in [1.82, 2.24) is 19.9 Å². The van der Waals surface area contributed by atoms with Gasteiger partial charge in [-0.05, 0) is 19.8 Å². The van der Waals surface area contributed by atoms with E-state index in [9.17, 15) is 4.79 Å². The number of likely N-dealkylation sites (tertiary alicyclic amines) is 1. The van der Waals surface area contributed by atoms with Crippen LogP contribution >= 0.6 is 11.3 Å². The standard InChI is InChI=1S/C15H18N4O3S/c1-10-17-12(9-23-10)14(20)19-7-3-4-11(8-19)22-13-5-6-16-15(18-13)21-2/h5-6,9,11H,3-4,7-8H2,1-2H3. The zero-order valence-electron chi connectivity index (χ0n) is 13.1. The molecule has 0 bridgehead atoms. The maximum absolute atomic E-state index is 12.5. The molecule has 8 heteroatoms. The summed E-state index contributed by atoms with van der Waals surface area (Å²) in [5.41, 5.74) is 0.511. The van der Waals surface area contributed by atoms with Gasteiger partial charge in [0.15, 0.2) is 0 Å². The lowest BCUT2D eigenvalue weighted by atomic mass is 10.1. The predicted molar refractivity (Wildman–Crippen MR) is 85.0 cm³/mol. The lowest BCUT2D eigenvalue weighted by Crippen LogP contribution is -2.44. The lowest BCUT2D eigenvalue weighted by Gasteiger charge is -2.32. The molecule has 3 heterocycles. The van der Waals surface area contributed by atoms with Crippen LogP contribution in [0.2, 0.25) is 0 Å². The molecule has 1 aliphatic rings. The molecule has 23 heavy (non-hydrogen) atoms. The van der Waals surface area contributed by atoms with Gasteiger partial charge in [-0.3, -0.25) is 4.79 Å². The molecule has 0 spiro atoms. The first-order valence-corrected chi connectivity index (χ1v) is 8.29. The SMILES string of the molecule is COc1nccc(OC2CCCN(C(=O)c3csc(C)n3)C2)n1. The Labute approximate surface area is 138 Å². The Hall–Kier alpha value is -2.22. The third-order valence-electron chi connectivity index (χ3n) is 3.58. The molecule has 1 atom stereocenters. The van der Waals surface area contributed by atoms with E-state index in [1.165, 1.54) is 18.4 Å².